The summed E-state index contributed by atoms with van der Waals surface area (Å²) in [6, 6.07) is 18.7. The second kappa shape index (κ2) is 5.60. The molecule has 1 aliphatic heterocycles. The molecule has 1 fully saturated rings. The molecule has 7 rings (SSSR count). The highest BCUT2D eigenvalue weighted by Gasteiger charge is 2.62. The van der Waals surface area contributed by atoms with E-state index in [1.807, 2.05) is 48.5 Å². The van der Waals surface area contributed by atoms with Crippen LogP contribution in [0.4, 0.5) is 14.5 Å². The fourth-order valence-corrected chi connectivity index (χ4v) is 5.58. The third-order valence-electron chi connectivity index (χ3n) is 6.60. The number of nitrogens with zero attached hydrogens (tertiary/aromatic N) is 1. The maximum atomic E-state index is 14.5. The summed E-state index contributed by atoms with van der Waals surface area (Å²) >= 11 is 0. The molecular weight excluding hydrogens is 372 g/mol. The van der Waals surface area contributed by atoms with E-state index in [4.69, 9.17) is 0 Å². The summed E-state index contributed by atoms with van der Waals surface area (Å²) in [6.45, 7) is 0. The molecule has 5 heteroatoms. The predicted octanol–water partition coefficient (Wildman–Crippen LogP) is 4.36. The zero-order valence-electron chi connectivity index (χ0n) is 15.2. The molecule has 3 nitrogen and oxygen atoms in total. The Labute approximate surface area is 165 Å². The van der Waals surface area contributed by atoms with Gasteiger partial charge in [0.1, 0.15) is 11.6 Å². The Morgan fingerprint density at radius 3 is 1.52 bits per heavy atom. The molecule has 3 aromatic carbocycles. The molecular formula is C24H15F2NO2. The molecule has 0 radical (unpaired) electrons. The van der Waals surface area contributed by atoms with Gasteiger partial charge in [0.25, 0.3) is 0 Å². The van der Waals surface area contributed by atoms with Gasteiger partial charge in [-0.05, 0) is 34.4 Å². The number of hydrogen-bond donors (Lipinski definition) is 0. The smallest absolute Gasteiger partial charge is 0.238 e. The Morgan fingerprint density at radius 2 is 1.10 bits per heavy atom. The highest BCUT2D eigenvalue weighted by atomic mass is 19.1. The van der Waals surface area contributed by atoms with Gasteiger partial charge in [-0.25, -0.2) is 13.7 Å². The molecule has 2 atom stereocenters. The molecule has 0 unspecified atom stereocenters. The number of halogens is 2. The van der Waals surface area contributed by atoms with E-state index in [9.17, 15) is 18.4 Å². The lowest BCUT2D eigenvalue weighted by molar-refractivity contribution is -0.122. The quantitative estimate of drug-likeness (QED) is 0.582. The van der Waals surface area contributed by atoms with E-state index in [1.54, 1.807) is 0 Å². The topological polar surface area (TPSA) is 37.4 Å². The molecule has 2 amide bonds. The summed E-state index contributed by atoms with van der Waals surface area (Å²) in [5.41, 5.74) is 4.04. The van der Waals surface area contributed by atoms with Gasteiger partial charge >= 0.3 is 0 Å². The summed E-state index contributed by atoms with van der Waals surface area (Å²) in [4.78, 5) is 27.8. The Morgan fingerprint density at radius 1 is 0.655 bits per heavy atom. The van der Waals surface area contributed by atoms with Crippen molar-refractivity contribution in [1.29, 1.82) is 0 Å². The van der Waals surface area contributed by atoms with Gasteiger partial charge in [-0.1, -0.05) is 48.5 Å². The maximum Gasteiger partial charge on any atom is 0.238 e. The van der Waals surface area contributed by atoms with Gasteiger partial charge in [0.05, 0.1) is 17.5 Å². The second-order valence-corrected chi connectivity index (χ2v) is 7.87. The number of amides is 2. The van der Waals surface area contributed by atoms with E-state index < -0.39 is 35.3 Å². The predicted molar refractivity (Wildman–Crippen MR) is 102 cm³/mol. The average Bonchev–Trinajstić information content (AvgIpc) is 2.99. The molecule has 142 valence electrons. The van der Waals surface area contributed by atoms with Crippen LogP contribution in [0.25, 0.3) is 0 Å². The van der Waals surface area contributed by atoms with Crippen molar-refractivity contribution in [2.24, 2.45) is 11.8 Å². The summed E-state index contributed by atoms with van der Waals surface area (Å²) < 4.78 is 27.9. The van der Waals surface area contributed by atoms with Crippen molar-refractivity contribution < 1.29 is 18.4 Å². The lowest BCUT2D eigenvalue weighted by Crippen LogP contribution is -2.41. The zero-order chi connectivity index (χ0) is 19.9. The molecule has 0 saturated carbocycles. The minimum atomic E-state index is -0.910. The largest absolute Gasteiger partial charge is 0.274 e. The van der Waals surface area contributed by atoms with E-state index in [0.717, 1.165) is 33.2 Å². The van der Waals surface area contributed by atoms with Gasteiger partial charge in [-0.15, -0.1) is 0 Å². The fraction of sp³-hybridized carbons (Fsp3) is 0.167. The highest BCUT2D eigenvalue weighted by Crippen LogP contribution is 2.61. The molecule has 3 aromatic rings. The Balaban J connectivity index is 1.57. The monoisotopic (exact) mass is 387 g/mol. The second-order valence-electron chi connectivity index (χ2n) is 7.87. The van der Waals surface area contributed by atoms with Crippen LogP contribution < -0.4 is 4.90 Å². The van der Waals surface area contributed by atoms with Crippen molar-refractivity contribution in [3.05, 3.63) is 101 Å². The molecule has 1 heterocycles. The van der Waals surface area contributed by atoms with Crippen molar-refractivity contribution in [2.45, 2.75) is 11.8 Å². The molecule has 0 N–H and O–H groups in total. The van der Waals surface area contributed by atoms with E-state index in [0.29, 0.717) is 6.07 Å². The Bertz CT molecular complexity index is 1110. The normalized spacial score (nSPS) is 26.3. The minimum absolute atomic E-state index is 0.177. The average molecular weight is 387 g/mol. The van der Waals surface area contributed by atoms with Crippen LogP contribution in [0.5, 0.6) is 0 Å². The third kappa shape index (κ3) is 2.00. The SMILES string of the molecule is O=C1[C@@H]2C3c4ccccc4C(c4ccccc43)[C@@H]2C(=O)N1c1ccc(F)cc1F. The number of anilines is 1. The van der Waals surface area contributed by atoms with Crippen molar-refractivity contribution in [2.75, 3.05) is 4.90 Å². The van der Waals surface area contributed by atoms with Crippen LogP contribution in [-0.4, -0.2) is 11.8 Å². The summed E-state index contributed by atoms with van der Waals surface area (Å²) in [7, 11) is 0. The van der Waals surface area contributed by atoms with Gasteiger partial charge in [-0.3, -0.25) is 9.59 Å². The first kappa shape index (κ1) is 16.6. The Hall–Kier alpha value is -3.34. The van der Waals surface area contributed by atoms with Crippen LogP contribution in [0.2, 0.25) is 0 Å². The summed E-state index contributed by atoms with van der Waals surface area (Å²) in [5, 5.41) is 0. The standard InChI is InChI=1S/C24H15F2NO2/c25-12-9-10-18(17(26)11-12)27-23(28)21-19-13-5-1-2-6-14(13)20(22(21)24(27)29)16-8-4-3-7-15(16)19/h1-11,19-22H/t19?,20?,21-,22+. The molecule has 3 aliphatic carbocycles. The zero-order valence-corrected chi connectivity index (χ0v) is 15.2. The van der Waals surface area contributed by atoms with Gasteiger partial charge < -0.3 is 0 Å². The third-order valence-corrected chi connectivity index (χ3v) is 6.60. The first-order chi connectivity index (χ1) is 14.1. The summed E-state index contributed by atoms with van der Waals surface area (Å²) in [5.74, 6) is -4.14. The Kier molecular flexibility index (Phi) is 3.20. The van der Waals surface area contributed by atoms with E-state index in [2.05, 4.69) is 0 Å². The number of benzene rings is 3. The maximum absolute atomic E-state index is 14.5. The van der Waals surface area contributed by atoms with Crippen LogP contribution >= 0.6 is 0 Å². The lowest BCUT2D eigenvalue weighted by atomic mass is 9.55. The van der Waals surface area contributed by atoms with Crippen LogP contribution in [0.3, 0.4) is 0 Å². The first-order valence-corrected chi connectivity index (χ1v) is 9.58. The molecule has 4 aliphatic rings. The van der Waals surface area contributed by atoms with Crippen molar-refractivity contribution >= 4 is 17.5 Å². The van der Waals surface area contributed by atoms with Crippen molar-refractivity contribution in [3.8, 4) is 0 Å². The number of rotatable bonds is 1. The van der Waals surface area contributed by atoms with Gasteiger partial charge in [0, 0.05) is 17.9 Å². The minimum Gasteiger partial charge on any atom is -0.274 e. The van der Waals surface area contributed by atoms with Gasteiger partial charge in [0.15, 0.2) is 0 Å². The van der Waals surface area contributed by atoms with Crippen molar-refractivity contribution in [1.82, 2.24) is 0 Å². The number of hydrogen-bond acceptors (Lipinski definition) is 2. The van der Waals surface area contributed by atoms with Gasteiger partial charge in [0.2, 0.25) is 11.8 Å². The van der Waals surface area contributed by atoms with Crippen LogP contribution in [0.15, 0.2) is 66.7 Å². The fourth-order valence-electron chi connectivity index (χ4n) is 5.58. The van der Waals surface area contributed by atoms with Crippen LogP contribution in [0.1, 0.15) is 34.1 Å². The number of imide groups is 1. The van der Waals surface area contributed by atoms with Crippen LogP contribution in [0, 0.1) is 23.5 Å². The molecule has 0 spiro atoms. The molecule has 1 saturated heterocycles. The van der Waals surface area contributed by atoms with Crippen molar-refractivity contribution in [3.63, 3.8) is 0 Å². The van der Waals surface area contributed by atoms with E-state index in [1.165, 1.54) is 6.07 Å². The van der Waals surface area contributed by atoms with E-state index >= 15 is 0 Å². The first-order valence-electron chi connectivity index (χ1n) is 9.58. The summed E-state index contributed by atoms with van der Waals surface area (Å²) in [6.07, 6.45) is 0. The molecule has 0 aromatic heterocycles. The molecule has 2 bridgehead atoms. The highest BCUT2D eigenvalue weighted by molar-refractivity contribution is 6.23. The van der Waals surface area contributed by atoms with Gasteiger partial charge in [-0.2, -0.15) is 0 Å². The number of carbonyl (C=O) groups excluding carboxylic acids is 2. The lowest BCUT2D eigenvalue weighted by Gasteiger charge is -2.45. The van der Waals surface area contributed by atoms with Crippen LogP contribution in [-0.2, 0) is 9.59 Å². The van der Waals surface area contributed by atoms with E-state index in [-0.39, 0.29) is 17.5 Å². The molecule has 29 heavy (non-hydrogen) atoms. The number of carbonyl (C=O) groups is 2.